The van der Waals surface area contributed by atoms with Gasteiger partial charge in [-0.2, -0.15) is 0 Å². The first-order chi connectivity index (χ1) is 14.0. The molecule has 0 unspecified atom stereocenters. The molecule has 142 valence electrons. The smallest absolute Gasteiger partial charge is 0.273 e. The van der Waals surface area contributed by atoms with Crippen LogP contribution in [0.15, 0.2) is 72.6 Å². The molecule has 8 heteroatoms. The van der Waals surface area contributed by atoms with E-state index in [1.165, 1.54) is 30.6 Å². The number of carbonyl (C=O) groups excluding carboxylic acids is 3. The van der Waals surface area contributed by atoms with Gasteiger partial charge in [-0.15, -0.1) is 0 Å². The Morgan fingerprint density at radius 1 is 0.897 bits per heavy atom. The van der Waals surface area contributed by atoms with Gasteiger partial charge in [-0.1, -0.05) is 41.9 Å². The van der Waals surface area contributed by atoms with Crippen LogP contribution in [0.4, 0.5) is 10.5 Å². The molecule has 0 atom stereocenters. The summed E-state index contributed by atoms with van der Waals surface area (Å²) in [5.41, 5.74) is 1.40. The van der Waals surface area contributed by atoms with Crippen molar-refractivity contribution in [1.29, 1.82) is 0 Å². The van der Waals surface area contributed by atoms with E-state index in [2.05, 4.69) is 15.3 Å². The highest BCUT2D eigenvalue weighted by atomic mass is 35.5. The molecule has 1 saturated heterocycles. The zero-order valence-electron chi connectivity index (χ0n) is 14.9. The predicted octanol–water partition coefficient (Wildman–Crippen LogP) is 3.46. The highest BCUT2D eigenvalue weighted by Crippen LogP contribution is 2.23. The average molecular weight is 405 g/mol. The monoisotopic (exact) mass is 404 g/mol. The standard InChI is InChI=1S/C21H13ClN4O3/c22-15-6-8-16(9-7-15)26-20(28)17(19(27)25-21(26)29)10-13-11-23-18(24-12-13)14-4-2-1-3-5-14/h1-12H,(H,25,27,29)/b17-10-. The molecule has 2 aromatic carbocycles. The third kappa shape index (κ3) is 3.76. The van der Waals surface area contributed by atoms with Crippen LogP contribution < -0.4 is 10.2 Å². The molecular weight excluding hydrogens is 392 g/mol. The molecule has 0 radical (unpaired) electrons. The van der Waals surface area contributed by atoms with Gasteiger partial charge in [0.15, 0.2) is 5.82 Å². The number of amides is 4. The molecule has 2 heterocycles. The number of rotatable bonds is 3. The van der Waals surface area contributed by atoms with Crippen LogP contribution in [0.1, 0.15) is 5.56 Å². The lowest BCUT2D eigenvalue weighted by Crippen LogP contribution is -2.54. The van der Waals surface area contributed by atoms with E-state index in [0.717, 1.165) is 10.5 Å². The molecule has 1 aliphatic rings. The quantitative estimate of drug-likeness (QED) is 0.533. The number of nitrogens with one attached hydrogen (secondary N) is 1. The Hall–Kier alpha value is -3.84. The molecule has 0 saturated carbocycles. The van der Waals surface area contributed by atoms with Crippen LogP contribution in [0.3, 0.4) is 0 Å². The van der Waals surface area contributed by atoms with Gasteiger partial charge < -0.3 is 0 Å². The lowest BCUT2D eigenvalue weighted by molar-refractivity contribution is -0.122. The molecule has 0 aliphatic carbocycles. The van der Waals surface area contributed by atoms with Crippen molar-refractivity contribution in [3.63, 3.8) is 0 Å². The Morgan fingerprint density at radius 2 is 1.55 bits per heavy atom. The summed E-state index contributed by atoms with van der Waals surface area (Å²) in [7, 11) is 0. The maximum absolute atomic E-state index is 12.8. The maximum Gasteiger partial charge on any atom is 0.335 e. The van der Waals surface area contributed by atoms with Crippen LogP contribution in [0.5, 0.6) is 0 Å². The van der Waals surface area contributed by atoms with Crippen LogP contribution in [-0.2, 0) is 9.59 Å². The van der Waals surface area contributed by atoms with Crippen LogP contribution in [0, 0.1) is 0 Å². The Kier molecular flexibility index (Phi) is 4.88. The number of carbonyl (C=O) groups is 3. The summed E-state index contributed by atoms with van der Waals surface area (Å²) in [4.78, 5) is 46.7. The number of imide groups is 2. The number of hydrogen-bond donors (Lipinski definition) is 1. The molecule has 29 heavy (non-hydrogen) atoms. The number of aromatic nitrogens is 2. The average Bonchev–Trinajstić information content (AvgIpc) is 2.73. The molecular formula is C21H13ClN4O3. The van der Waals surface area contributed by atoms with Gasteiger partial charge in [0.05, 0.1) is 5.69 Å². The Morgan fingerprint density at radius 3 is 2.21 bits per heavy atom. The number of barbiturate groups is 1. The van der Waals surface area contributed by atoms with Crippen molar-refractivity contribution in [2.45, 2.75) is 0 Å². The minimum Gasteiger partial charge on any atom is -0.273 e. The summed E-state index contributed by atoms with van der Waals surface area (Å²) < 4.78 is 0. The van der Waals surface area contributed by atoms with Crippen LogP contribution in [0.2, 0.25) is 5.02 Å². The molecule has 1 aliphatic heterocycles. The highest BCUT2D eigenvalue weighted by Gasteiger charge is 2.36. The second kappa shape index (κ2) is 7.65. The van der Waals surface area contributed by atoms with E-state index in [-0.39, 0.29) is 5.57 Å². The van der Waals surface area contributed by atoms with E-state index in [0.29, 0.717) is 22.1 Å². The summed E-state index contributed by atoms with van der Waals surface area (Å²) in [6, 6.07) is 14.7. The van der Waals surface area contributed by atoms with Gasteiger partial charge in [0.1, 0.15) is 5.57 Å². The largest absolute Gasteiger partial charge is 0.335 e. The third-order valence-corrected chi connectivity index (χ3v) is 4.45. The minimum atomic E-state index is -0.824. The van der Waals surface area contributed by atoms with Crippen molar-refractivity contribution < 1.29 is 14.4 Å². The first kappa shape index (κ1) is 18.5. The SMILES string of the molecule is O=C1NC(=O)N(c2ccc(Cl)cc2)C(=O)/C1=C\c1cnc(-c2ccccc2)nc1. The van der Waals surface area contributed by atoms with Gasteiger partial charge in [-0.05, 0) is 30.3 Å². The number of hydrogen-bond acceptors (Lipinski definition) is 5. The van der Waals surface area contributed by atoms with Gasteiger partial charge >= 0.3 is 6.03 Å². The normalized spacial score (nSPS) is 15.6. The van der Waals surface area contributed by atoms with Gasteiger partial charge in [0, 0.05) is 28.5 Å². The summed E-state index contributed by atoms with van der Waals surface area (Å²) in [6.07, 6.45) is 4.36. The van der Waals surface area contributed by atoms with Gasteiger partial charge in [-0.25, -0.2) is 19.7 Å². The Labute approximate surface area is 170 Å². The maximum atomic E-state index is 12.8. The second-order valence-corrected chi connectivity index (χ2v) is 6.58. The van der Waals surface area contributed by atoms with Crippen molar-refractivity contribution in [2.75, 3.05) is 4.90 Å². The molecule has 1 aromatic heterocycles. The summed E-state index contributed by atoms with van der Waals surface area (Å²) in [5.74, 6) is -1.00. The first-order valence-electron chi connectivity index (χ1n) is 8.57. The zero-order valence-corrected chi connectivity index (χ0v) is 15.6. The summed E-state index contributed by atoms with van der Waals surface area (Å²) in [5, 5.41) is 2.62. The van der Waals surface area contributed by atoms with Crippen LogP contribution >= 0.6 is 11.6 Å². The van der Waals surface area contributed by atoms with E-state index >= 15 is 0 Å². The third-order valence-electron chi connectivity index (χ3n) is 4.20. The van der Waals surface area contributed by atoms with Crippen molar-refractivity contribution in [3.05, 3.63) is 83.2 Å². The Bertz CT molecular complexity index is 1130. The lowest BCUT2D eigenvalue weighted by Gasteiger charge is -2.26. The lowest BCUT2D eigenvalue weighted by atomic mass is 10.1. The van der Waals surface area contributed by atoms with E-state index in [9.17, 15) is 14.4 Å². The molecule has 3 aromatic rings. The van der Waals surface area contributed by atoms with Crippen LogP contribution in [-0.4, -0.2) is 27.8 Å². The van der Waals surface area contributed by atoms with E-state index in [1.807, 2.05) is 30.3 Å². The fourth-order valence-electron chi connectivity index (χ4n) is 2.80. The van der Waals surface area contributed by atoms with Gasteiger partial charge in [0.2, 0.25) is 0 Å². The van der Waals surface area contributed by atoms with Crippen molar-refractivity contribution in [1.82, 2.24) is 15.3 Å². The van der Waals surface area contributed by atoms with Gasteiger partial charge in [-0.3, -0.25) is 14.9 Å². The summed E-state index contributed by atoms with van der Waals surface area (Å²) in [6.45, 7) is 0. The van der Waals surface area contributed by atoms with Crippen molar-refractivity contribution >= 4 is 41.2 Å². The Balaban J connectivity index is 1.65. The van der Waals surface area contributed by atoms with Crippen molar-refractivity contribution in [2.24, 2.45) is 0 Å². The molecule has 4 rings (SSSR count). The molecule has 1 fully saturated rings. The molecule has 0 bridgehead atoms. The van der Waals surface area contributed by atoms with Gasteiger partial charge in [0.25, 0.3) is 11.8 Å². The second-order valence-electron chi connectivity index (χ2n) is 6.14. The minimum absolute atomic E-state index is 0.199. The molecule has 4 amide bonds. The number of nitrogens with zero attached hydrogens (tertiary/aromatic N) is 3. The summed E-state index contributed by atoms with van der Waals surface area (Å²) >= 11 is 5.86. The van der Waals surface area contributed by atoms with Crippen molar-refractivity contribution in [3.8, 4) is 11.4 Å². The molecule has 1 N–H and O–H groups in total. The first-order valence-corrected chi connectivity index (χ1v) is 8.95. The topological polar surface area (TPSA) is 92.3 Å². The zero-order chi connectivity index (χ0) is 20.4. The van der Waals surface area contributed by atoms with E-state index in [4.69, 9.17) is 11.6 Å². The van der Waals surface area contributed by atoms with E-state index < -0.39 is 17.8 Å². The highest BCUT2D eigenvalue weighted by molar-refractivity contribution is 6.39. The van der Waals surface area contributed by atoms with Crippen LogP contribution in [0.25, 0.3) is 17.5 Å². The number of anilines is 1. The predicted molar refractivity (Wildman–Crippen MR) is 108 cm³/mol. The number of halogens is 1. The molecule has 7 nitrogen and oxygen atoms in total. The number of benzene rings is 2. The fourth-order valence-corrected chi connectivity index (χ4v) is 2.92. The number of urea groups is 1. The molecule has 0 spiro atoms. The fraction of sp³-hybridized carbons (Fsp3) is 0. The van der Waals surface area contributed by atoms with E-state index in [1.54, 1.807) is 12.1 Å².